The highest BCUT2D eigenvalue weighted by atomic mass is 16.5. The lowest BCUT2D eigenvalue weighted by molar-refractivity contribution is 0.334. The summed E-state index contributed by atoms with van der Waals surface area (Å²) in [6.07, 6.45) is 3.13. The molecule has 1 heterocycles. The number of hydrogen-bond donors (Lipinski definition) is 0. The fourth-order valence-electron chi connectivity index (χ4n) is 2.07. The smallest absolute Gasteiger partial charge is 0.124 e. The van der Waals surface area contributed by atoms with Gasteiger partial charge in [0.2, 0.25) is 0 Å². The molecule has 18 heavy (non-hydrogen) atoms. The molecule has 1 aromatic carbocycles. The van der Waals surface area contributed by atoms with Crippen molar-refractivity contribution in [3.05, 3.63) is 35.4 Å². The molecule has 96 valence electrons. The monoisotopic (exact) mass is 243 g/mol. The molecule has 0 radical (unpaired) electrons. The minimum absolute atomic E-state index is 0.171. The van der Waals surface area contributed by atoms with E-state index in [0.29, 0.717) is 6.61 Å². The fraction of sp³-hybridized carbons (Fsp3) is 0.438. The highest BCUT2D eigenvalue weighted by Crippen LogP contribution is 2.36. The summed E-state index contributed by atoms with van der Waals surface area (Å²) in [7, 11) is 0. The van der Waals surface area contributed by atoms with Gasteiger partial charge >= 0.3 is 0 Å². The Labute approximate surface area is 109 Å². The molecule has 1 aromatic rings. The Kier molecular flexibility index (Phi) is 3.85. The van der Waals surface area contributed by atoms with Gasteiger partial charge < -0.3 is 4.74 Å². The standard InChI is InChI=1S/C16H21NO/c1-5-11(3)13-7-8-16-14(9-13)15(10-18-16)17-12(4)6-2/h5,7-9,15H,6,10H2,1-4H3. The van der Waals surface area contributed by atoms with Gasteiger partial charge in [0, 0.05) is 11.3 Å². The molecular formula is C16H21NO. The normalized spacial score (nSPS) is 19.7. The van der Waals surface area contributed by atoms with E-state index >= 15 is 0 Å². The fourth-order valence-corrected chi connectivity index (χ4v) is 2.07. The third-order valence-electron chi connectivity index (χ3n) is 3.54. The van der Waals surface area contributed by atoms with Crippen LogP contribution < -0.4 is 4.74 Å². The minimum atomic E-state index is 0.171. The first-order chi connectivity index (χ1) is 8.65. The molecule has 2 heteroatoms. The van der Waals surface area contributed by atoms with Crippen molar-refractivity contribution in [1.82, 2.24) is 0 Å². The van der Waals surface area contributed by atoms with E-state index in [1.807, 2.05) is 0 Å². The predicted molar refractivity (Wildman–Crippen MR) is 77.4 cm³/mol. The van der Waals surface area contributed by atoms with Crippen LogP contribution in [-0.2, 0) is 0 Å². The molecular weight excluding hydrogens is 222 g/mol. The molecule has 1 atom stereocenters. The van der Waals surface area contributed by atoms with Crippen LogP contribution in [0.15, 0.2) is 29.3 Å². The molecule has 2 nitrogen and oxygen atoms in total. The molecule has 0 spiro atoms. The van der Waals surface area contributed by atoms with Gasteiger partial charge in [0.25, 0.3) is 0 Å². The summed E-state index contributed by atoms with van der Waals surface area (Å²) in [5, 5.41) is 0. The molecule has 0 N–H and O–H groups in total. The second-order valence-corrected chi connectivity index (χ2v) is 4.77. The number of allylic oxidation sites excluding steroid dienone is 2. The Balaban J connectivity index is 2.36. The second kappa shape index (κ2) is 5.38. The van der Waals surface area contributed by atoms with Gasteiger partial charge in [0.05, 0.1) is 0 Å². The zero-order valence-corrected chi connectivity index (χ0v) is 11.7. The van der Waals surface area contributed by atoms with E-state index in [1.54, 1.807) is 0 Å². The molecule has 0 amide bonds. The van der Waals surface area contributed by atoms with Crippen LogP contribution in [-0.4, -0.2) is 12.3 Å². The maximum absolute atomic E-state index is 5.70. The number of fused-ring (bicyclic) bond motifs is 1. The van der Waals surface area contributed by atoms with E-state index < -0.39 is 0 Å². The lowest BCUT2D eigenvalue weighted by Crippen LogP contribution is -2.01. The van der Waals surface area contributed by atoms with Crippen LogP contribution >= 0.6 is 0 Å². The quantitative estimate of drug-likeness (QED) is 0.720. The Morgan fingerprint density at radius 2 is 2.22 bits per heavy atom. The summed E-state index contributed by atoms with van der Waals surface area (Å²) in [5.41, 5.74) is 4.96. The summed E-state index contributed by atoms with van der Waals surface area (Å²) >= 11 is 0. The summed E-state index contributed by atoms with van der Waals surface area (Å²) in [6, 6.07) is 6.57. The van der Waals surface area contributed by atoms with Crippen LogP contribution in [0.3, 0.4) is 0 Å². The number of ether oxygens (including phenoxy) is 1. The molecule has 0 bridgehead atoms. The lowest BCUT2D eigenvalue weighted by atomic mass is 10.0. The van der Waals surface area contributed by atoms with Crippen LogP contribution in [0.4, 0.5) is 0 Å². The molecule has 0 aliphatic carbocycles. The molecule has 0 saturated heterocycles. The molecule has 0 saturated carbocycles. The van der Waals surface area contributed by atoms with Crippen molar-refractivity contribution < 1.29 is 4.74 Å². The third-order valence-corrected chi connectivity index (χ3v) is 3.54. The van der Waals surface area contributed by atoms with Gasteiger partial charge in [-0.05, 0) is 50.5 Å². The maximum Gasteiger partial charge on any atom is 0.124 e. The third kappa shape index (κ3) is 2.47. The Morgan fingerprint density at radius 1 is 1.44 bits per heavy atom. The van der Waals surface area contributed by atoms with Crippen molar-refractivity contribution in [1.29, 1.82) is 0 Å². The minimum Gasteiger partial charge on any atom is -0.491 e. The van der Waals surface area contributed by atoms with Gasteiger partial charge in [-0.3, -0.25) is 4.99 Å². The van der Waals surface area contributed by atoms with Crippen LogP contribution in [0.1, 0.15) is 51.3 Å². The van der Waals surface area contributed by atoms with Crippen LogP contribution in [0, 0.1) is 0 Å². The largest absolute Gasteiger partial charge is 0.491 e. The van der Waals surface area contributed by atoms with Gasteiger partial charge in [-0.15, -0.1) is 0 Å². The van der Waals surface area contributed by atoms with Gasteiger partial charge in [-0.2, -0.15) is 0 Å². The topological polar surface area (TPSA) is 21.6 Å². The number of benzene rings is 1. The van der Waals surface area contributed by atoms with E-state index in [2.05, 4.69) is 52.0 Å². The summed E-state index contributed by atoms with van der Waals surface area (Å²) in [6.45, 7) is 9.09. The highest BCUT2D eigenvalue weighted by molar-refractivity contribution is 5.82. The molecule has 0 aromatic heterocycles. The zero-order valence-electron chi connectivity index (χ0n) is 11.7. The molecule has 1 unspecified atom stereocenters. The first kappa shape index (κ1) is 12.9. The summed E-state index contributed by atoms with van der Waals surface area (Å²) in [5.74, 6) is 0.986. The van der Waals surface area contributed by atoms with Crippen LogP contribution in [0.2, 0.25) is 0 Å². The Hall–Kier alpha value is -1.57. The SMILES string of the molecule is CC=C(C)c1ccc2c(c1)C(N=C(C)CC)CO2. The van der Waals surface area contributed by atoms with E-state index in [0.717, 1.165) is 12.2 Å². The average molecular weight is 243 g/mol. The van der Waals surface area contributed by atoms with Crippen molar-refractivity contribution in [3.8, 4) is 5.75 Å². The molecule has 2 rings (SSSR count). The van der Waals surface area contributed by atoms with Gasteiger partial charge in [-0.1, -0.05) is 19.1 Å². The number of hydrogen-bond acceptors (Lipinski definition) is 2. The second-order valence-electron chi connectivity index (χ2n) is 4.77. The van der Waals surface area contributed by atoms with E-state index in [1.165, 1.54) is 22.4 Å². The van der Waals surface area contributed by atoms with Crippen molar-refractivity contribution in [3.63, 3.8) is 0 Å². The molecule has 0 fully saturated rings. The maximum atomic E-state index is 5.70. The van der Waals surface area contributed by atoms with Crippen molar-refractivity contribution >= 4 is 11.3 Å². The highest BCUT2D eigenvalue weighted by Gasteiger charge is 2.23. The van der Waals surface area contributed by atoms with Crippen molar-refractivity contribution in [2.24, 2.45) is 4.99 Å². The average Bonchev–Trinajstić information content (AvgIpc) is 2.80. The Morgan fingerprint density at radius 3 is 2.89 bits per heavy atom. The molecule has 1 aliphatic heterocycles. The van der Waals surface area contributed by atoms with E-state index in [9.17, 15) is 0 Å². The van der Waals surface area contributed by atoms with Gasteiger partial charge in [0.1, 0.15) is 18.4 Å². The lowest BCUT2D eigenvalue weighted by Gasteiger charge is -2.07. The predicted octanol–water partition coefficient (Wildman–Crippen LogP) is 4.41. The number of rotatable bonds is 3. The van der Waals surface area contributed by atoms with Crippen molar-refractivity contribution in [2.45, 2.75) is 40.2 Å². The first-order valence-electron chi connectivity index (χ1n) is 6.59. The first-order valence-corrected chi connectivity index (χ1v) is 6.59. The number of aliphatic imine (C=N–C) groups is 1. The number of nitrogens with zero attached hydrogens (tertiary/aromatic N) is 1. The van der Waals surface area contributed by atoms with Gasteiger partial charge in [0.15, 0.2) is 0 Å². The Bertz CT molecular complexity index is 500. The summed E-state index contributed by atoms with van der Waals surface area (Å²) in [4.78, 5) is 4.73. The van der Waals surface area contributed by atoms with Gasteiger partial charge in [-0.25, -0.2) is 0 Å². The molecule has 1 aliphatic rings. The van der Waals surface area contributed by atoms with Crippen LogP contribution in [0.5, 0.6) is 5.75 Å². The van der Waals surface area contributed by atoms with E-state index in [-0.39, 0.29) is 6.04 Å². The van der Waals surface area contributed by atoms with Crippen molar-refractivity contribution in [2.75, 3.05) is 6.61 Å². The zero-order chi connectivity index (χ0) is 13.1. The van der Waals surface area contributed by atoms with Crippen LogP contribution in [0.25, 0.3) is 5.57 Å². The summed E-state index contributed by atoms with van der Waals surface area (Å²) < 4.78 is 5.70. The van der Waals surface area contributed by atoms with E-state index in [4.69, 9.17) is 9.73 Å².